The van der Waals surface area contributed by atoms with Crippen LogP contribution in [-0.4, -0.2) is 18.8 Å². The molecule has 2 aliphatic carbocycles. The van der Waals surface area contributed by atoms with Crippen molar-refractivity contribution in [2.24, 2.45) is 11.8 Å². The molecular weight excluding hydrogens is 314 g/mol. The molecule has 25 heavy (non-hydrogen) atoms. The first kappa shape index (κ1) is 15.1. The van der Waals surface area contributed by atoms with Crippen molar-refractivity contribution in [3.8, 4) is 5.75 Å². The molecule has 3 aliphatic rings. The van der Waals surface area contributed by atoms with Crippen molar-refractivity contribution in [3.63, 3.8) is 0 Å². The smallest absolute Gasteiger partial charge is 0.408 e. The summed E-state index contributed by atoms with van der Waals surface area (Å²) in [6, 6.07) is 12.6. The van der Waals surface area contributed by atoms with Crippen molar-refractivity contribution in [2.75, 3.05) is 6.61 Å². The Hall–Kier alpha value is -2.23. The fourth-order valence-corrected chi connectivity index (χ4v) is 4.81. The second-order valence-corrected chi connectivity index (χ2v) is 8.09. The summed E-state index contributed by atoms with van der Waals surface area (Å²) in [5, 5.41) is 5.22. The zero-order valence-electron chi connectivity index (χ0n) is 14.5. The molecule has 4 nitrogen and oxygen atoms in total. The highest BCUT2D eigenvalue weighted by molar-refractivity contribution is 5.85. The Morgan fingerprint density at radius 2 is 1.96 bits per heavy atom. The fraction of sp³-hybridized carbons (Fsp3) is 0.476. The summed E-state index contributed by atoms with van der Waals surface area (Å²) in [4.78, 5) is 11.4. The van der Waals surface area contributed by atoms with E-state index in [1.165, 1.54) is 31.1 Å². The molecule has 4 atom stereocenters. The Morgan fingerprint density at radius 1 is 1.12 bits per heavy atom. The molecule has 3 fully saturated rings. The van der Waals surface area contributed by atoms with Gasteiger partial charge in [-0.3, -0.25) is 0 Å². The SMILES string of the molecule is CC1(c2ccc3cc(O[C@@H]4C[C@H]5CC[C@@H]4C5)ccc3c2)COC(=O)N1. The van der Waals surface area contributed by atoms with Gasteiger partial charge in [0.2, 0.25) is 0 Å². The molecule has 1 aliphatic heterocycles. The second kappa shape index (κ2) is 5.38. The first-order valence-corrected chi connectivity index (χ1v) is 9.25. The Kier molecular flexibility index (Phi) is 3.24. The highest BCUT2D eigenvalue weighted by Gasteiger charge is 2.41. The monoisotopic (exact) mass is 337 g/mol. The van der Waals surface area contributed by atoms with Crippen LogP contribution in [0, 0.1) is 11.8 Å². The molecule has 1 saturated heterocycles. The highest BCUT2D eigenvalue weighted by Crippen LogP contribution is 2.46. The van der Waals surface area contributed by atoms with Crippen LogP contribution in [0.15, 0.2) is 36.4 Å². The third kappa shape index (κ3) is 2.55. The van der Waals surface area contributed by atoms with Gasteiger partial charge in [-0.2, -0.15) is 0 Å². The standard InChI is InChI=1S/C21H23NO3/c1-21(12-24-20(23)22-21)17-6-4-15-11-18(7-5-14(15)10-17)25-19-9-13-2-3-16(19)8-13/h4-7,10-11,13,16,19H,2-3,8-9,12H2,1H3,(H,22,23)/t13-,16+,19+,21?/m0/s1. The average molecular weight is 337 g/mol. The molecule has 130 valence electrons. The largest absolute Gasteiger partial charge is 0.490 e. The van der Waals surface area contributed by atoms with E-state index in [4.69, 9.17) is 9.47 Å². The highest BCUT2D eigenvalue weighted by atomic mass is 16.6. The Morgan fingerprint density at radius 3 is 2.68 bits per heavy atom. The molecule has 0 radical (unpaired) electrons. The van der Waals surface area contributed by atoms with Crippen LogP contribution in [0.5, 0.6) is 5.75 Å². The summed E-state index contributed by atoms with van der Waals surface area (Å²) < 4.78 is 11.4. The van der Waals surface area contributed by atoms with E-state index in [1.807, 2.05) is 6.92 Å². The van der Waals surface area contributed by atoms with Crippen LogP contribution in [0.2, 0.25) is 0 Å². The van der Waals surface area contributed by atoms with Gasteiger partial charge in [0.05, 0.1) is 5.54 Å². The van der Waals surface area contributed by atoms with Gasteiger partial charge in [-0.1, -0.05) is 18.2 Å². The minimum absolute atomic E-state index is 0.350. The van der Waals surface area contributed by atoms with Crippen molar-refractivity contribution in [3.05, 3.63) is 42.0 Å². The molecule has 1 heterocycles. The first-order chi connectivity index (χ1) is 12.1. The molecule has 1 amide bonds. The summed E-state index contributed by atoms with van der Waals surface area (Å²) in [5.74, 6) is 2.62. The Bertz CT molecular complexity index is 848. The second-order valence-electron chi connectivity index (χ2n) is 8.09. The van der Waals surface area contributed by atoms with Gasteiger partial charge in [-0.25, -0.2) is 4.79 Å². The number of hydrogen-bond donors (Lipinski definition) is 1. The lowest BCUT2D eigenvalue weighted by Crippen LogP contribution is -2.37. The number of cyclic esters (lactones) is 1. The number of carbonyl (C=O) groups excluding carboxylic acids is 1. The number of carbonyl (C=O) groups is 1. The molecular formula is C21H23NO3. The molecule has 1 N–H and O–H groups in total. The Balaban J connectivity index is 1.40. The van der Waals surface area contributed by atoms with Gasteiger partial charge in [0.1, 0.15) is 18.5 Å². The fourth-order valence-electron chi connectivity index (χ4n) is 4.81. The number of amides is 1. The lowest BCUT2D eigenvalue weighted by atomic mass is 9.91. The predicted octanol–water partition coefficient (Wildman–Crippen LogP) is 4.36. The number of ether oxygens (including phenoxy) is 2. The van der Waals surface area contributed by atoms with Crippen molar-refractivity contribution in [1.29, 1.82) is 0 Å². The van der Waals surface area contributed by atoms with Gasteiger partial charge >= 0.3 is 6.09 Å². The van der Waals surface area contributed by atoms with Crippen molar-refractivity contribution in [2.45, 2.75) is 44.2 Å². The average Bonchev–Trinajstić information content (AvgIpc) is 3.31. The molecule has 2 aromatic rings. The minimum atomic E-state index is -0.455. The third-order valence-corrected chi connectivity index (χ3v) is 6.28. The number of rotatable bonds is 3. The van der Waals surface area contributed by atoms with Gasteiger partial charge in [0.25, 0.3) is 0 Å². The van der Waals surface area contributed by atoms with Crippen molar-refractivity contribution >= 4 is 16.9 Å². The number of alkyl carbamates (subject to hydrolysis) is 1. The zero-order valence-corrected chi connectivity index (χ0v) is 14.5. The molecule has 0 spiro atoms. The van der Waals surface area contributed by atoms with Crippen molar-refractivity contribution < 1.29 is 14.3 Å². The maximum Gasteiger partial charge on any atom is 0.408 e. The molecule has 2 bridgehead atoms. The van der Waals surface area contributed by atoms with E-state index in [-0.39, 0.29) is 6.09 Å². The van der Waals surface area contributed by atoms with E-state index >= 15 is 0 Å². The number of benzene rings is 2. The van der Waals surface area contributed by atoms with Crippen LogP contribution in [0.25, 0.3) is 10.8 Å². The number of nitrogens with one attached hydrogen (secondary N) is 1. The molecule has 1 unspecified atom stereocenters. The lowest BCUT2D eigenvalue weighted by Gasteiger charge is -2.24. The Labute approximate surface area is 147 Å². The summed E-state index contributed by atoms with van der Waals surface area (Å²) in [7, 11) is 0. The minimum Gasteiger partial charge on any atom is -0.490 e. The first-order valence-electron chi connectivity index (χ1n) is 9.25. The lowest BCUT2D eigenvalue weighted by molar-refractivity contribution is 0.138. The molecule has 0 aromatic heterocycles. The van der Waals surface area contributed by atoms with Gasteiger partial charge in [0, 0.05) is 0 Å². The van der Waals surface area contributed by atoms with E-state index in [0.717, 1.165) is 28.5 Å². The molecule has 5 rings (SSSR count). The van der Waals surface area contributed by atoms with Crippen LogP contribution in [0.3, 0.4) is 0 Å². The zero-order chi connectivity index (χ0) is 17.0. The van der Waals surface area contributed by atoms with Crippen LogP contribution < -0.4 is 10.1 Å². The molecule has 2 aromatic carbocycles. The topological polar surface area (TPSA) is 47.6 Å². The van der Waals surface area contributed by atoms with Crippen LogP contribution in [0.1, 0.15) is 38.2 Å². The maximum absolute atomic E-state index is 11.4. The van der Waals surface area contributed by atoms with E-state index in [1.54, 1.807) is 0 Å². The van der Waals surface area contributed by atoms with E-state index in [2.05, 4.69) is 41.7 Å². The summed E-state index contributed by atoms with van der Waals surface area (Å²) in [5.41, 5.74) is 0.608. The van der Waals surface area contributed by atoms with Gasteiger partial charge in [-0.15, -0.1) is 0 Å². The number of hydrogen-bond acceptors (Lipinski definition) is 3. The summed E-state index contributed by atoms with van der Waals surface area (Å²) in [6.45, 7) is 2.36. The van der Waals surface area contributed by atoms with Crippen LogP contribution in [0.4, 0.5) is 4.79 Å². The van der Waals surface area contributed by atoms with E-state index in [9.17, 15) is 4.79 Å². The van der Waals surface area contributed by atoms with Crippen molar-refractivity contribution in [1.82, 2.24) is 5.32 Å². The van der Waals surface area contributed by atoms with E-state index in [0.29, 0.717) is 12.7 Å². The maximum atomic E-state index is 11.4. The quantitative estimate of drug-likeness (QED) is 0.905. The van der Waals surface area contributed by atoms with Gasteiger partial charge < -0.3 is 14.8 Å². The number of fused-ring (bicyclic) bond motifs is 3. The van der Waals surface area contributed by atoms with Gasteiger partial charge in [0.15, 0.2) is 0 Å². The third-order valence-electron chi connectivity index (χ3n) is 6.28. The summed E-state index contributed by atoms with van der Waals surface area (Å²) >= 11 is 0. The van der Waals surface area contributed by atoms with Crippen LogP contribution >= 0.6 is 0 Å². The predicted molar refractivity (Wildman–Crippen MR) is 95.6 cm³/mol. The van der Waals surface area contributed by atoms with Crippen LogP contribution in [-0.2, 0) is 10.3 Å². The normalized spacial score (nSPS) is 33.5. The van der Waals surface area contributed by atoms with E-state index < -0.39 is 5.54 Å². The summed E-state index contributed by atoms with van der Waals surface area (Å²) in [6.07, 6.45) is 5.36. The molecule has 2 saturated carbocycles. The molecule has 4 heteroatoms. The van der Waals surface area contributed by atoms with Gasteiger partial charge in [-0.05, 0) is 79.0 Å².